The van der Waals surface area contributed by atoms with E-state index in [0.717, 1.165) is 6.42 Å². The highest BCUT2D eigenvalue weighted by Crippen LogP contribution is 2.26. The van der Waals surface area contributed by atoms with E-state index in [4.69, 9.17) is 27.9 Å². The third kappa shape index (κ3) is 6.34. The van der Waals surface area contributed by atoms with Crippen molar-refractivity contribution in [2.75, 3.05) is 39.3 Å². The number of piperazine rings is 1. The summed E-state index contributed by atoms with van der Waals surface area (Å²) in [4.78, 5) is 28.0. The molecule has 1 atom stereocenters. The number of carbonyl (C=O) groups is 2. The molecule has 0 bridgehead atoms. The maximum Gasteiger partial charge on any atom is 0.260 e. The summed E-state index contributed by atoms with van der Waals surface area (Å²) in [7, 11) is 0. The SMILES string of the molecule is CC[C@@H](C)NC(=O)CN1CCN(C(=O)COc2ccc(Cl)c(Cl)c2)CC1. The van der Waals surface area contributed by atoms with E-state index in [1.165, 1.54) is 0 Å². The Balaban J connectivity index is 1.72. The van der Waals surface area contributed by atoms with Gasteiger partial charge in [0.25, 0.3) is 5.91 Å². The molecular weight excluding hydrogens is 377 g/mol. The Morgan fingerprint density at radius 3 is 2.50 bits per heavy atom. The molecule has 1 aromatic carbocycles. The number of halogens is 2. The monoisotopic (exact) mass is 401 g/mol. The van der Waals surface area contributed by atoms with Crippen LogP contribution in [0.15, 0.2) is 18.2 Å². The van der Waals surface area contributed by atoms with E-state index in [0.29, 0.717) is 48.5 Å². The Hall–Kier alpha value is -1.50. The molecule has 1 aliphatic heterocycles. The predicted octanol–water partition coefficient (Wildman–Crippen LogP) is 2.43. The number of rotatable bonds is 7. The molecule has 0 aliphatic carbocycles. The maximum atomic E-state index is 12.3. The van der Waals surface area contributed by atoms with Gasteiger partial charge in [-0.1, -0.05) is 30.1 Å². The normalized spacial score (nSPS) is 16.2. The van der Waals surface area contributed by atoms with Gasteiger partial charge in [-0.15, -0.1) is 0 Å². The van der Waals surface area contributed by atoms with Crippen LogP contribution in [-0.4, -0.2) is 67.0 Å². The number of nitrogens with zero attached hydrogens (tertiary/aromatic N) is 2. The van der Waals surface area contributed by atoms with Crippen molar-refractivity contribution in [1.29, 1.82) is 0 Å². The summed E-state index contributed by atoms with van der Waals surface area (Å²) in [5.41, 5.74) is 0. The first-order valence-corrected chi connectivity index (χ1v) is 9.52. The van der Waals surface area contributed by atoms with Gasteiger partial charge >= 0.3 is 0 Å². The first-order chi connectivity index (χ1) is 12.4. The summed E-state index contributed by atoms with van der Waals surface area (Å²) in [5, 5.41) is 3.79. The van der Waals surface area contributed by atoms with Gasteiger partial charge in [0.1, 0.15) is 5.75 Å². The summed E-state index contributed by atoms with van der Waals surface area (Å²) >= 11 is 11.8. The van der Waals surface area contributed by atoms with Gasteiger partial charge in [-0.2, -0.15) is 0 Å². The first kappa shape index (κ1) is 20.8. The molecule has 6 nitrogen and oxygen atoms in total. The third-order valence-electron chi connectivity index (χ3n) is 4.37. The van der Waals surface area contributed by atoms with Crippen LogP contribution in [0.1, 0.15) is 20.3 Å². The predicted molar refractivity (Wildman–Crippen MR) is 103 cm³/mol. The van der Waals surface area contributed by atoms with Gasteiger partial charge in [0.2, 0.25) is 5.91 Å². The minimum absolute atomic E-state index is 0.0297. The fourth-order valence-corrected chi connectivity index (χ4v) is 2.87. The second-order valence-corrected chi connectivity index (χ2v) is 7.21. The van der Waals surface area contributed by atoms with Gasteiger partial charge < -0.3 is 15.0 Å². The molecule has 1 saturated heterocycles. The topological polar surface area (TPSA) is 61.9 Å². The lowest BCUT2D eigenvalue weighted by Gasteiger charge is -2.34. The van der Waals surface area contributed by atoms with Gasteiger partial charge in [0.15, 0.2) is 6.61 Å². The van der Waals surface area contributed by atoms with Gasteiger partial charge in [-0.25, -0.2) is 0 Å². The molecule has 144 valence electrons. The molecule has 1 aliphatic rings. The van der Waals surface area contributed by atoms with Crippen LogP contribution in [0.2, 0.25) is 10.0 Å². The van der Waals surface area contributed by atoms with E-state index in [1.54, 1.807) is 23.1 Å². The Bertz CT molecular complexity index is 634. The van der Waals surface area contributed by atoms with Crippen molar-refractivity contribution in [2.45, 2.75) is 26.3 Å². The molecule has 0 radical (unpaired) electrons. The Kier molecular flexibility index (Phi) is 8.00. The van der Waals surface area contributed by atoms with E-state index >= 15 is 0 Å². The van der Waals surface area contributed by atoms with Crippen molar-refractivity contribution in [1.82, 2.24) is 15.1 Å². The van der Waals surface area contributed by atoms with Crippen molar-refractivity contribution in [3.63, 3.8) is 0 Å². The lowest BCUT2D eigenvalue weighted by molar-refractivity contribution is -0.135. The molecule has 1 N–H and O–H groups in total. The minimum Gasteiger partial charge on any atom is -0.484 e. The van der Waals surface area contributed by atoms with Crippen LogP contribution >= 0.6 is 23.2 Å². The highest BCUT2D eigenvalue weighted by atomic mass is 35.5. The average molecular weight is 402 g/mol. The van der Waals surface area contributed by atoms with E-state index in [9.17, 15) is 9.59 Å². The molecule has 0 unspecified atom stereocenters. The first-order valence-electron chi connectivity index (χ1n) is 8.76. The number of hydrogen-bond donors (Lipinski definition) is 1. The summed E-state index contributed by atoms with van der Waals surface area (Å²) in [6.45, 7) is 6.86. The van der Waals surface area contributed by atoms with Crippen LogP contribution in [0.5, 0.6) is 5.75 Å². The Morgan fingerprint density at radius 1 is 1.19 bits per heavy atom. The number of ether oxygens (including phenoxy) is 1. The van der Waals surface area contributed by atoms with Crippen LogP contribution in [0.25, 0.3) is 0 Å². The zero-order valence-corrected chi connectivity index (χ0v) is 16.6. The Labute approximate surface area is 164 Å². The zero-order valence-electron chi connectivity index (χ0n) is 15.1. The number of hydrogen-bond acceptors (Lipinski definition) is 4. The van der Waals surface area contributed by atoms with Gasteiger partial charge in [-0.3, -0.25) is 14.5 Å². The molecule has 1 fully saturated rings. The van der Waals surface area contributed by atoms with Crippen LogP contribution in [0, 0.1) is 0 Å². The molecule has 0 aromatic heterocycles. The van der Waals surface area contributed by atoms with Crippen LogP contribution < -0.4 is 10.1 Å². The average Bonchev–Trinajstić information content (AvgIpc) is 2.62. The summed E-state index contributed by atoms with van der Waals surface area (Å²) < 4.78 is 5.49. The quantitative estimate of drug-likeness (QED) is 0.761. The number of nitrogens with one attached hydrogen (secondary N) is 1. The molecule has 0 spiro atoms. The minimum atomic E-state index is -0.0835. The highest BCUT2D eigenvalue weighted by Gasteiger charge is 2.23. The number of amides is 2. The standard InChI is InChI=1S/C18H25Cl2N3O3/c1-3-13(2)21-17(24)11-22-6-8-23(9-7-22)18(25)12-26-14-4-5-15(19)16(20)10-14/h4-5,10,13H,3,6-9,11-12H2,1-2H3,(H,21,24)/t13-/m1/s1. The third-order valence-corrected chi connectivity index (χ3v) is 5.10. The molecular formula is C18H25Cl2N3O3. The summed E-state index contributed by atoms with van der Waals surface area (Å²) in [5.74, 6) is 0.454. The van der Waals surface area contributed by atoms with Crippen molar-refractivity contribution < 1.29 is 14.3 Å². The van der Waals surface area contributed by atoms with Gasteiger partial charge in [0.05, 0.1) is 16.6 Å². The van der Waals surface area contributed by atoms with Crippen LogP contribution in [0.4, 0.5) is 0 Å². The molecule has 0 saturated carbocycles. The number of benzene rings is 1. The van der Waals surface area contributed by atoms with Gasteiger partial charge in [0, 0.05) is 38.3 Å². The van der Waals surface area contributed by atoms with Gasteiger partial charge in [-0.05, 0) is 25.5 Å². The lowest BCUT2D eigenvalue weighted by atomic mass is 10.2. The Morgan fingerprint density at radius 2 is 1.88 bits per heavy atom. The maximum absolute atomic E-state index is 12.3. The highest BCUT2D eigenvalue weighted by molar-refractivity contribution is 6.42. The molecule has 1 aromatic rings. The van der Waals surface area contributed by atoms with Crippen molar-refractivity contribution in [3.05, 3.63) is 28.2 Å². The second kappa shape index (κ2) is 10.00. The van der Waals surface area contributed by atoms with Crippen LogP contribution in [-0.2, 0) is 9.59 Å². The largest absolute Gasteiger partial charge is 0.484 e. The lowest BCUT2D eigenvalue weighted by Crippen LogP contribution is -2.52. The van der Waals surface area contributed by atoms with Crippen molar-refractivity contribution in [2.24, 2.45) is 0 Å². The molecule has 26 heavy (non-hydrogen) atoms. The van der Waals surface area contributed by atoms with E-state index < -0.39 is 0 Å². The fourth-order valence-electron chi connectivity index (χ4n) is 2.58. The molecule has 2 rings (SSSR count). The summed E-state index contributed by atoms with van der Waals surface area (Å²) in [6.07, 6.45) is 0.910. The zero-order chi connectivity index (χ0) is 19.1. The second-order valence-electron chi connectivity index (χ2n) is 6.40. The van der Waals surface area contributed by atoms with E-state index in [1.807, 2.05) is 13.8 Å². The molecule has 2 amide bonds. The smallest absolute Gasteiger partial charge is 0.260 e. The molecule has 1 heterocycles. The van der Waals surface area contributed by atoms with Crippen LogP contribution in [0.3, 0.4) is 0 Å². The van der Waals surface area contributed by atoms with E-state index in [2.05, 4.69) is 10.2 Å². The summed E-state index contributed by atoms with van der Waals surface area (Å²) in [6, 6.07) is 5.08. The van der Waals surface area contributed by atoms with Crippen molar-refractivity contribution >= 4 is 35.0 Å². The molecule has 8 heteroatoms. The van der Waals surface area contributed by atoms with Crippen molar-refractivity contribution in [3.8, 4) is 5.75 Å². The van der Waals surface area contributed by atoms with E-state index in [-0.39, 0.29) is 24.5 Å². The number of carbonyl (C=O) groups excluding carboxylic acids is 2. The fraction of sp³-hybridized carbons (Fsp3) is 0.556.